The summed E-state index contributed by atoms with van der Waals surface area (Å²) in [5.41, 5.74) is 4.21. The van der Waals surface area contributed by atoms with Crippen LogP contribution in [0.1, 0.15) is 63.2 Å². The molecule has 14 heteroatoms. The number of aromatic amines is 1. The molecule has 1 unspecified atom stereocenters. The van der Waals surface area contributed by atoms with Crippen LogP contribution in [0.25, 0.3) is 10.9 Å². The topological polar surface area (TPSA) is 172 Å². The van der Waals surface area contributed by atoms with Gasteiger partial charge in [0, 0.05) is 31.1 Å². The zero-order valence-corrected chi connectivity index (χ0v) is 35.3. The lowest BCUT2D eigenvalue weighted by Crippen LogP contribution is -2.52. The third kappa shape index (κ3) is 10.8. The number of phenols is 1. The van der Waals surface area contributed by atoms with Crippen molar-refractivity contribution in [1.29, 1.82) is 0 Å². The molecular weight excluding hydrogens is 824 g/mol. The largest absolute Gasteiger partial charge is 0.506 e. The molecule has 63 heavy (non-hydrogen) atoms. The van der Waals surface area contributed by atoms with Gasteiger partial charge in [0.25, 0.3) is 0 Å². The molecule has 5 N–H and O–H groups in total. The number of alkyl carbamates (subject to hydrolysis) is 1. The van der Waals surface area contributed by atoms with Crippen LogP contribution >= 0.6 is 11.6 Å². The van der Waals surface area contributed by atoms with Crippen molar-refractivity contribution < 1.29 is 38.7 Å². The van der Waals surface area contributed by atoms with E-state index < -0.39 is 24.2 Å². The van der Waals surface area contributed by atoms with Crippen molar-refractivity contribution >= 4 is 34.6 Å². The van der Waals surface area contributed by atoms with Gasteiger partial charge in [-0.3, -0.25) is 9.69 Å². The maximum Gasteiger partial charge on any atom is 0.408 e. The number of ether oxygens (including phenoxy) is 4. The number of nitrogens with zero attached hydrogens (tertiary/aromatic N) is 1. The van der Waals surface area contributed by atoms with Gasteiger partial charge < -0.3 is 44.8 Å². The lowest BCUT2D eigenvalue weighted by atomic mass is 9.86. The number of H-pyrrole nitrogens is 1. The van der Waals surface area contributed by atoms with Crippen molar-refractivity contribution in [3.63, 3.8) is 0 Å². The number of nitrogens with one attached hydrogen (secondary N) is 3. The average molecular weight is 873 g/mol. The summed E-state index contributed by atoms with van der Waals surface area (Å²) in [7, 11) is 0. The molecule has 1 aromatic heterocycles. The first-order valence-corrected chi connectivity index (χ1v) is 21.4. The first-order valence-electron chi connectivity index (χ1n) is 21.1. The highest BCUT2D eigenvalue weighted by atomic mass is 35.5. The maximum atomic E-state index is 13.2. The number of benzene rings is 5. The number of pyridine rings is 1. The summed E-state index contributed by atoms with van der Waals surface area (Å²) in [6, 6.07) is 35.3. The molecule has 1 amide bonds. The molecule has 6 aromatic rings. The standard InChI is InChI=1S/C49H49ClN4O9/c50-45-36(27-51-28-41(56)38-16-18-40(55)47-39(38)17-19-44(57)52-47)9-5-11-42(45)60-24-25-61-48(58)34-14-12-31(13-15-34)30-62-37-10-4-8-35(26-37)46(33-6-2-1-3-7-33)53-49(59)63-43-29-54-22-20-32(43)21-23-54/h1-19,26,32,41,43,46,51,55-56H,20-25,27-30H2,(H,52,57)(H,53,59)/t41-,43-,46?/m0/s1. The van der Waals surface area contributed by atoms with E-state index in [1.54, 1.807) is 36.4 Å². The first kappa shape index (κ1) is 43.3. The molecule has 0 spiro atoms. The van der Waals surface area contributed by atoms with Gasteiger partial charge in [-0.05, 0) is 102 Å². The second-order valence-corrected chi connectivity index (χ2v) is 16.2. The van der Waals surface area contributed by atoms with Gasteiger partial charge >= 0.3 is 12.1 Å². The Kier molecular flexibility index (Phi) is 13.9. The van der Waals surface area contributed by atoms with Crippen molar-refractivity contribution in [3.05, 3.63) is 170 Å². The molecule has 9 rings (SSSR count). The Morgan fingerprint density at radius 1 is 0.857 bits per heavy atom. The van der Waals surface area contributed by atoms with Crippen LogP contribution in [0.15, 0.2) is 126 Å². The Bertz CT molecular complexity index is 2580. The van der Waals surface area contributed by atoms with Crippen molar-refractivity contribution in [2.24, 2.45) is 5.92 Å². The fraction of sp³-hybridized carbons (Fsp3) is 0.286. The number of hydrogen-bond acceptors (Lipinski definition) is 11. The van der Waals surface area contributed by atoms with Crippen LogP contribution in [0.2, 0.25) is 5.02 Å². The van der Waals surface area contributed by atoms with Crippen LogP contribution in [-0.2, 0) is 22.6 Å². The minimum atomic E-state index is -0.929. The van der Waals surface area contributed by atoms with Gasteiger partial charge in [-0.1, -0.05) is 84.4 Å². The van der Waals surface area contributed by atoms with Crippen molar-refractivity contribution in [3.8, 4) is 17.2 Å². The molecule has 3 fully saturated rings. The predicted molar refractivity (Wildman–Crippen MR) is 238 cm³/mol. The quantitative estimate of drug-likeness (QED) is 0.0456. The number of aromatic nitrogens is 1. The number of aliphatic hydroxyl groups is 1. The average Bonchev–Trinajstić information content (AvgIpc) is 3.31. The van der Waals surface area contributed by atoms with E-state index in [1.165, 1.54) is 12.1 Å². The van der Waals surface area contributed by atoms with Crippen molar-refractivity contribution in [1.82, 2.24) is 20.5 Å². The smallest absolute Gasteiger partial charge is 0.408 e. The molecule has 0 aliphatic carbocycles. The number of rotatable bonds is 17. The molecule has 2 bridgehead atoms. The number of piperidine rings is 3. The third-order valence-corrected chi connectivity index (χ3v) is 12.0. The molecule has 3 saturated heterocycles. The summed E-state index contributed by atoms with van der Waals surface area (Å²) in [6.07, 6.45) is 0.655. The molecule has 0 radical (unpaired) electrons. The van der Waals surface area contributed by atoms with E-state index in [9.17, 15) is 24.6 Å². The summed E-state index contributed by atoms with van der Waals surface area (Å²) >= 11 is 6.64. The Morgan fingerprint density at radius 2 is 1.63 bits per heavy atom. The van der Waals surface area contributed by atoms with Gasteiger partial charge in [0.2, 0.25) is 5.56 Å². The number of fused-ring (bicyclic) bond motifs is 4. The highest BCUT2D eigenvalue weighted by Crippen LogP contribution is 2.32. The summed E-state index contributed by atoms with van der Waals surface area (Å²) in [6.45, 7) is 3.74. The second kappa shape index (κ2) is 20.2. The molecule has 3 atom stereocenters. The minimum absolute atomic E-state index is 0.00680. The second-order valence-electron chi connectivity index (χ2n) is 15.8. The lowest BCUT2D eigenvalue weighted by Gasteiger charge is -2.43. The van der Waals surface area contributed by atoms with E-state index in [4.69, 9.17) is 30.5 Å². The number of aromatic hydroxyl groups is 1. The normalized spacial score (nSPS) is 17.7. The molecule has 3 aliphatic rings. The first-order chi connectivity index (χ1) is 30.7. The molecule has 5 aromatic carbocycles. The summed E-state index contributed by atoms with van der Waals surface area (Å²) in [4.78, 5) is 42.8. The maximum absolute atomic E-state index is 13.2. The van der Waals surface area contributed by atoms with E-state index in [0.717, 1.165) is 54.7 Å². The monoisotopic (exact) mass is 872 g/mol. The fourth-order valence-electron chi connectivity index (χ4n) is 8.20. The van der Waals surface area contributed by atoms with Gasteiger partial charge in [0.05, 0.1) is 28.2 Å². The van der Waals surface area contributed by atoms with Crippen LogP contribution in [0.5, 0.6) is 17.2 Å². The van der Waals surface area contributed by atoms with Crippen LogP contribution in [0, 0.1) is 5.92 Å². The fourth-order valence-corrected chi connectivity index (χ4v) is 8.45. The van der Waals surface area contributed by atoms with Gasteiger partial charge in [-0.25, -0.2) is 9.59 Å². The van der Waals surface area contributed by atoms with Crippen LogP contribution in [0.4, 0.5) is 4.79 Å². The van der Waals surface area contributed by atoms with Crippen LogP contribution < -0.4 is 25.7 Å². The molecule has 326 valence electrons. The van der Waals surface area contributed by atoms with Crippen LogP contribution in [0.3, 0.4) is 0 Å². The summed E-state index contributed by atoms with van der Waals surface area (Å²) < 4.78 is 23.4. The number of amides is 1. The van der Waals surface area contributed by atoms with Gasteiger partial charge in [0.1, 0.15) is 43.2 Å². The third-order valence-electron chi connectivity index (χ3n) is 11.6. The number of aliphatic hydroxyl groups excluding tert-OH is 1. The summed E-state index contributed by atoms with van der Waals surface area (Å²) in [5, 5.41) is 28.3. The Morgan fingerprint density at radius 3 is 2.41 bits per heavy atom. The van der Waals surface area contributed by atoms with E-state index >= 15 is 0 Å². The summed E-state index contributed by atoms with van der Waals surface area (Å²) in [5.74, 6) is 0.881. The highest BCUT2D eigenvalue weighted by molar-refractivity contribution is 6.32. The molecular formula is C49H49ClN4O9. The molecule has 0 saturated carbocycles. The van der Waals surface area contributed by atoms with Gasteiger partial charge in [-0.15, -0.1) is 0 Å². The number of esters is 1. The number of hydrogen-bond donors (Lipinski definition) is 5. The zero-order valence-electron chi connectivity index (χ0n) is 34.5. The number of phenolic OH excluding ortho intramolecular Hbond substituents is 1. The molecule has 4 heterocycles. The van der Waals surface area contributed by atoms with Crippen molar-refractivity contribution in [2.75, 3.05) is 39.4 Å². The highest BCUT2D eigenvalue weighted by Gasteiger charge is 2.37. The van der Waals surface area contributed by atoms with E-state index in [-0.39, 0.29) is 49.3 Å². The molecule has 13 nitrogen and oxygen atoms in total. The number of halogens is 1. The van der Waals surface area contributed by atoms with Crippen LogP contribution in [-0.4, -0.2) is 77.7 Å². The predicted octanol–water partition coefficient (Wildman–Crippen LogP) is 7.43. The SMILES string of the molecule is O=C(NC(c1ccccc1)c1cccc(OCc2ccc(C(=O)OCCOc3cccc(CNC[C@H](O)c4ccc(O)c5[nH]c(=O)ccc45)c3Cl)cc2)c1)O[C@H]1CN2CCC1CC2. The number of carbonyl (C=O) groups excluding carboxylic acids is 2. The minimum Gasteiger partial charge on any atom is -0.506 e. The number of carbonyl (C=O) groups is 2. The Hall–Kier alpha value is -6.38. The zero-order chi connectivity index (χ0) is 43.7. The van der Waals surface area contributed by atoms with Gasteiger partial charge in [0.15, 0.2) is 0 Å². The van der Waals surface area contributed by atoms with Gasteiger partial charge in [-0.2, -0.15) is 0 Å². The van der Waals surface area contributed by atoms with E-state index in [0.29, 0.717) is 45.5 Å². The molecule has 3 aliphatic heterocycles. The van der Waals surface area contributed by atoms with Crippen molar-refractivity contribution in [2.45, 2.75) is 44.2 Å². The Balaban J connectivity index is 0.788. The lowest BCUT2D eigenvalue weighted by molar-refractivity contribution is -0.0336. The van der Waals surface area contributed by atoms with E-state index in [2.05, 4.69) is 20.5 Å². The van der Waals surface area contributed by atoms with E-state index in [1.807, 2.05) is 72.8 Å². The Labute approximate surface area is 369 Å².